The lowest BCUT2D eigenvalue weighted by molar-refractivity contribution is 0.102. The van der Waals surface area contributed by atoms with Crippen LogP contribution in [0, 0.1) is 6.92 Å². The van der Waals surface area contributed by atoms with E-state index in [9.17, 15) is 4.79 Å². The lowest BCUT2D eigenvalue weighted by atomic mass is 10.0. The Labute approximate surface area is 240 Å². The third kappa shape index (κ3) is 5.04. The largest absolute Gasteiger partial charge is 0.371 e. The van der Waals surface area contributed by atoms with Gasteiger partial charge in [0.1, 0.15) is 5.52 Å². The van der Waals surface area contributed by atoms with Crippen molar-refractivity contribution < 1.29 is 4.79 Å². The molecule has 1 aliphatic heterocycles. The zero-order chi connectivity index (χ0) is 27.4. The molecule has 206 valence electrons. The summed E-state index contributed by atoms with van der Waals surface area (Å²) in [6.07, 6.45) is 12.9. The first-order valence-corrected chi connectivity index (χ1v) is 14.8. The summed E-state index contributed by atoms with van der Waals surface area (Å²) >= 11 is 7.45. The second-order valence-electron chi connectivity index (χ2n) is 10.8. The molecule has 10 nitrogen and oxygen atoms in total. The Kier molecular flexibility index (Phi) is 6.44. The van der Waals surface area contributed by atoms with Crippen molar-refractivity contribution in [1.82, 2.24) is 34.4 Å². The Hall–Kier alpha value is -3.54. The molecule has 0 spiro atoms. The summed E-state index contributed by atoms with van der Waals surface area (Å²) in [5.74, 6) is 0.214. The summed E-state index contributed by atoms with van der Waals surface area (Å²) in [6, 6.07) is 5.28. The van der Waals surface area contributed by atoms with Crippen LogP contribution in [0.4, 0.5) is 11.5 Å². The number of thiazole rings is 1. The van der Waals surface area contributed by atoms with Crippen LogP contribution in [0.5, 0.6) is 0 Å². The van der Waals surface area contributed by atoms with Gasteiger partial charge in [-0.3, -0.25) is 14.5 Å². The van der Waals surface area contributed by atoms with Gasteiger partial charge < -0.3 is 19.9 Å². The average molecular weight is 576 g/mol. The molecule has 1 saturated carbocycles. The normalized spacial score (nSPS) is 16.3. The summed E-state index contributed by atoms with van der Waals surface area (Å²) < 4.78 is 4.18. The Morgan fingerprint density at radius 2 is 1.90 bits per heavy atom. The zero-order valence-electron chi connectivity index (χ0n) is 22.4. The molecule has 0 unspecified atom stereocenters. The van der Waals surface area contributed by atoms with Gasteiger partial charge in [0.2, 0.25) is 0 Å². The fourth-order valence-corrected chi connectivity index (χ4v) is 6.61. The molecule has 0 radical (unpaired) electrons. The van der Waals surface area contributed by atoms with Crippen LogP contribution in [-0.2, 0) is 13.5 Å². The van der Waals surface area contributed by atoms with Crippen LogP contribution in [-0.4, -0.2) is 60.2 Å². The van der Waals surface area contributed by atoms with Crippen molar-refractivity contribution in [1.29, 1.82) is 0 Å². The molecule has 1 aromatic carbocycles. The maximum absolute atomic E-state index is 13.5. The van der Waals surface area contributed by atoms with Crippen LogP contribution >= 0.6 is 22.9 Å². The van der Waals surface area contributed by atoms with Crippen molar-refractivity contribution in [2.75, 3.05) is 23.3 Å². The molecule has 40 heavy (non-hydrogen) atoms. The number of aryl methyl sites for hydroxylation is 2. The van der Waals surface area contributed by atoms with Crippen LogP contribution in [0.2, 0.25) is 4.47 Å². The molecule has 5 heterocycles. The van der Waals surface area contributed by atoms with E-state index < -0.39 is 0 Å². The SMILES string of the molecule is Cc1cn2cc(NC(=O)c3ccc(N4CCC(NC5CC5)CC4)c4cn(C)nc34)nc2c(Cc2cnc(Cl)s2)n1. The number of carbonyl (C=O) groups is 1. The Morgan fingerprint density at radius 1 is 1.10 bits per heavy atom. The van der Waals surface area contributed by atoms with E-state index in [4.69, 9.17) is 21.6 Å². The third-order valence-corrected chi connectivity index (χ3v) is 8.75. The van der Waals surface area contributed by atoms with Gasteiger partial charge in [0.15, 0.2) is 15.9 Å². The minimum Gasteiger partial charge on any atom is -0.371 e. The highest BCUT2D eigenvalue weighted by atomic mass is 35.5. The average Bonchev–Trinajstić information content (AvgIpc) is 3.28. The number of hydrogen-bond acceptors (Lipinski definition) is 8. The number of amides is 1. The van der Waals surface area contributed by atoms with E-state index in [0.717, 1.165) is 59.3 Å². The number of nitrogens with zero attached hydrogens (tertiary/aromatic N) is 7. The number of aromatic nitrogens is 6. The van der Waals surface area contributed by atoms with Crippen molar-refractivity contribution in [3.05, 3.63) is 63.2 Å². The predicted octanol–water partition coefficient (Wildman–Crippen LogP) is 4.60. The number of fused-ring (bicyclic) bond motifs is 2. The summed E-state index contributed by atoms with van der Waals surface area (Å²) in [4.78, 5) is 30.5. The van der Waals surface area contributed by atoms with E-state index in [1.165, 1.54) is 24.2 Å². The summed E-state index contributed by atoms with van der Waals surface area (Å²) in [7, 11) is 1.90. The second kappa shape index (κ2) is 10.1. The molecule has 2 N–H and O–H groups in total. The first-order valence-electron chi connectivity index (χ1n) is 13.6. The fraction of sp³-hybridized carbons (Fsp3) is 0.393. The Bertz CT molecular complexity index is 1730. The molecule has 0 bridgehead atoms. The first kappa shape index (κ1) is 25.4. The number of benzene rings is 1. The molecule has 1 saturated heterocycles. The quantitative estimate of drug-likeness (QED) is 0.292. The number of nitrogens with one attached hydrogen (secondary N) is 2. The molecule has 2 fully saturated rings. The Morgan fingerprint density at radius 3 is 2.65 bits per heavy atom. The Balaban J connectivity index is 1.13. The molecule has 7 rings (SSSR count). The number of halogens is 1. The van der Waals surface area contributed by atoms with Gasteiger partial charge in [-0.05, 0) is 44.7 Å². The van der Waals surface area contributed by atoms with Gasteiger partial charge in [0.05, 0.1) is 23.1 Å². The molecular formula is C28H30ClN9OS. The highest BCUT2D eigenvalue weighted by Gasteiger charge is 2.28. The highest BCUT2D eigenvalue weighted by molar-refractivity contribution is 7.15. The molecule has 0 atom stereocenters. The molecule has 1 amide bonds. The smallest absolute Gasteiger partial charge is 0.259 e. The topological polar surface area (TPSA) is 105 Å². The maximum atomic E-state index is 13.5. The summed E-state index contributed by atoms with van der Waals surface area (Å²) in [6.45, 7) is 3.92. The lowest BCUT2D eigenvalue weighted by Gasteiger charge is -2.34. The van der Waals surface area contributed by atoms with Gasteiger partial charge in [-0.2, -0.15) is 5.10 Å². The minimum atomic E-state index is -0.244. The maximum Gasteiger partial charge on any atom is 0.259 e. The molecule has 4 aromatic heterocycles. The van der Waals surface area contributed by atoms with Gasteiger partial charge in [-0.25, -0.2) is 9.97 Å². The zero-order valence-corrected chi connectivity index (χ0v) is 24.0. The van der Waals surface area contributed by atoms with Crippen LogP contribution in [0.25, 0.3) is 16.6 Å². The third-order valence-electron chi connectivity index (χ3n) is 7.63. The minimum absolute atomic E-state index is 0.244. The van der Waals surface area contributed by atoms with Gasteiger partial charge in [-0.1, -0.05) is 11.6 Å². The van der Waals surface area contributed by atoms with Crippen LogP contribution in [0.1, 0.15) is 52.3 Å². The van der Waals surface area contributed by atoms with Crippen LogP contribution in [0.15, 0.2) is 36.9 Å². The van der Waals surface area contributed by atoms with Crippen LogP contribution < -0.4 is 15.5 Å². The van der Waals surface area contributed by atoms with Crippen LogP contribution in [0.3, 0.4) is 0 Å². The van der Waals surface area contributed by atoms with Gasteiger partial charge in [-0.15, -0.1) is 11.3 Å². The number of anilines is 2. The molecular weight excluding hydrogens is 546 g/mol. The van der Waals surface area contributed by atoms with Crippen molar-refractivity contribution >= 4 is 56.9 Å². The van der Waals surface area contributed by atoms with E-state index in [-0.39, 0.29) is 5.91 Å². The molecule has 2 aliphatic rings. The van der Waals surface area contributed by atoms with E-state index in [1.54, 1.807) is 10.9 Å². The van der Waals surface area contributed by atoms with Crippen molar-refractivity contribution in [3.8, 4) is 0 Å². The second-order valence-corrected chi connectivity index (χ2v) is 12.5. The fourth-order valence-electron chi connectivity index (χ4n) is 5.63. The van der Waals surface area contributed by atoms with E-state index in [0.29, 0.717) is 39.5 Å². The summed E-state index contributed by atoms with van der Waals surface area (Å²) in [5.41, 5.74) is 4.69. The first-order chi connectivity index (χ1) is 19.4. The monoisotopic (exact) mass is 575 g/mol. The molecule has 1 aliphatic carbocycles. The van der Waals surface area contributed by atoms with Gasteiger partial charge in [0.25, 0.3) is 5.91 Å². The lowest BCUT2D eigenvalue weighted by Crippen LogP contribution is -2.43. The highest BCUT2D eigenvalue weighted by Crippen LogP contribution is 2.32. The number of carbonyl (C=O) groups excluding carboxylic acids is 1. The summed E-state index contributed by atoms with van der Waals surface area (Å²) in [5, 5.41) is 12.4. The van der Waals surface area contributed by atoms with E-state index >= 15 is 0 Å². The van der Waals surface area contributed by atoms with Crippen molar-refractivity contribution in [2.24, 2.45) is 7.05 Å². The molecule has 12 heteroatoms. The molecule has 5 aromatic rings. The van der Waals surface area contributed by atoms with Crippen molar-refractivity contribution in [2.45, 2.75) is 51.1 Å². The number of piperidine rings is 1. The van der Waals surface area contributed by atoms with E-state index in [1.807, 2.05) is 43.0 Å². The van der Waals surface area contributed by atoms with Crippen molar-refractivity contribution in [3.63, 3.8) is 0 Å². The number of hydrogen-bond donors (Lipinski definition) is 2. The predicted molar refractivity (Wildman–Crippen MR) is 158 cm³/mol. The number of imidazole rings is 1. The standard InChI is InChI=1S/C28H30ClN9OS/c1-16-13-38-15-24(33-26(38)22(31-16)11-19-12-30-28(29)40-19)34-27(39)20-5-6-23(21-14-36(2)35-25(20)21)37-9-7-18(8-10-37)32-17-3-4-17/h5-6,12-15,17-18,32H,3-4,7-11H2,1-2H3,(H,34,39). The van der Waals surface area contributed by atoms with E-state index in [2.05, 4.69) is 31.7 Å². The van der Waals surface area contributed by atoms with Gasteiger partial charge >= 0.3 is 0 Å². The van der Waals surface area contributed by atoms with Gasteiger partial charge in [0, 0.05) is 73.2 Å². The number of rotatable bonds is 7.